The summed E-state index contributed by atoms with van der Waals surface area (Å²) in [5, 5.41) is 19.1. The normalized spacial score (nSPS) is 12.2. The summed E-state index contributed by atoms with van der Waals surface area (Å²) in [7, 11) is 9.93. The van der Waals surface area contributed by atoms with E-state index in [1.54, 1.807) is 0 Å². The summed E-state index contributed by atoms with van der Waals surface area (Å²) in [5.74, 6) is 1.15. The van der Waals surface area contributed by atoms with Crippen molar-refractivity contribution in [2.75, 3.05) is 64.7 Å². The molecule has 0 aliphatic carbocycles. The van der Waals surface area contributed by atoms with Crippen molar-refractivity contribution in [2.24, 2.45) is 25.4 Å². The minimum atomic E-state index is 0.570. The maximum atomic E-state index is 4.41. The highest BCUT2D eigenvalue weighted by Crippen LogP contribution is 2.22. The summed E-state index contributed by atoms with van der Waals surface area (Å²) in [6.07, 6.45) is 7.66. The van der Waals surface area contributed by atoms with Gasteiger partial charge in [-0.25, -0.2) is 4.99 Å². The molecule has 0 heterocycles. The Morgan fingerprint density at radius 2 is 1.31 bits per heavy atom. The van der Waals surface area contributed by atoms with Crippen molar-refractivity contribution in [1.82, 2.24) is 9.80 Å². The van der Waals surface area contributed by atoms with Gasteiger partial charge in [-0.05, 0) is 62.4 Å². The highest BCUT2D eigenvalue weighted by Gasteiger charge is 2.06. The summed E-state index contributed by atoms with van der Waals surface area (Å²) >= 11 is 0. The second-order valence-corrected chi connectivity index (χ2v) is 8.85. The van der Waals surface area contributed by atoms with E-state index in [0.717, 1.165) is 35.8 Å². The number of azo groups is 2. The average Bonchev–Trinajstić information content (AvgIpc) is 2.95. The molecule has 0 spiro atoms. The minimum absolute atomic E-state index is 0.570. The molecule has 208 valence electrons. The number of nitrogens with two attached hydrogens (primary N) is 1. The minimum Gasteiger partial charge on any atom is -0.373 e. The zero-order valence-electron chi connectivity index (χ0n) is 24.4. The highest BCUT2D eigenvalue weighted by atomic mass is 15.3. The number of aliphatic imine (C=N–C) groups is 1. The van der Waals surface area contributed by atoms with E-state index in [1.807, 2.05) is 99.0 Å². The van der Waals surface area contributed by atoms with Crippen LogP contribution in [0.3, 0.4) is 0 Å². The highest BCUT2D eigenvalue weighted by molar-refractivity contribution is 5.81. The van der Waals surface area contributed by atoms with Crippen LogP contribution < -0.4 is 15.1 Å². The van der Waals surface area contributed by atoms with Gasteiger partial charge in [0.1, 0.15) is 12.0 Å². The molecule has 0 aliphatic heterocycles. The van der Waals surface area contributed by atoms with Gasteiger partial charge in [-0.1, -0.05) is 12.7 Å². The maximum Gasteiger partial charge on any atom is 0.244 e. The van der Waals surface area contributed by atoms with Crippen molar-refractivity contribution >= 4 is 28.7 Å². The molecular weight excluding hydrogens is 488 g/mol. The molecule has 2 aromatic carbocycles. The maximum absolute atomic E-state index is 4.41. The predicted molar refractivity (Wildman–Crippen MR) is 163 cm³/mol. The van der Waals surface area contributed by atoms with E-state index < -0.39 is 0 Å². The van der Waals surface area contributed by atoms with Crippen molar-refractivity contribution in [3.8, 4) is 0 Å². The van der Waals surface area contributed by atoms with Gasteiger partial charge in [0.15, 0.2) is 0 Å². The summed E-state index contributed by atoms with van der Waals surface area (Å²) in [6, 6.07) is 16.1. The van der Waals surface area contributed by atoms with E-state index in [2.05, 4.69) is 80.2 Å². The molecule has 10 nitrogen and oxygen atoms in total. The van der Waals surface area contributed by atoms with Crippen LogP contribution in [-0.4, -0.2) is 70.6 Å². The zero-order valence-corrected chi connectivity index (χ0v) is 24.4. The van der Waals surface area contributed by atoms with Gasteiger partial charge in [0.05, 0.1) is 24.6 Å². The Morgan fingerprint density at radius 1 is 0.795 bits per heavy atom. The van der Waals surface area contributed by atoms with Gasteiger partial charge >= 0.3 is 0 Å². The first-order valence-electron chi connectivity index (χ1n) is 13.0. The lowest BCUT2D eigenvalue weighted by Gasteiger charge is -2.25. The number of hydrogen-bond donors (Lipinski definition) is 1. The van der Waals surface area contributed by atoms with Crippen LogP contribution in [0, 0.1) is 0 Å². The van der Waals surface area contributed by atoms with Crippen molar-refractivity contribution in [3.63, 3.8) is 0 Å². The van der Waals surface area contributed by atoms with Gasteiger partial charge in [-0.3, -0.25) is 0 Å². The fourth-order valence-corrected chi connectivity index (χ4v) is 3.34. The van der Waals surface area contributed by atoms with Crippen molar-refractivity contribution < 1.29 is 5.32 Å². The number of likely N-dealkylation sites (N-methyl/N-ethyl adjacent to an activating group) is 2. The van der Waals surface area contributed by atoms with Crippen LogP contribution in [0.2, 0.25) is 0 Å². The molecule has 0 saturated carbocycles. The first-order chi connectivity index (χ1) is 18.8. The van der Waals surface area contributed by atoms with E-state index in [9.17, 15) is 0 Å². The predicted octanol–water partition coefficient (Wildman–Crippen LogP) is 5.34. The molecule has 0 unspecified atom stereocenters. The largest absolute Gasteiger partial charge is 0.373 e. The monoisotopic (exact) mass is 531 g/mol. The molecular formula is C29H43N10+. The number of hydrogen-bond acceptors (Lipinski definition) is 7. The van der Waals surface area contributed by atoms with Crippen LogP contribution in [0.15, 0.2) is 111 Å². The molecule has 2 rings (SSSR count). The van der Waals surface area contributed by atoms with Crippen LogP contribution in [0.1, 0.15) is 13.8 Å². The second kappa shape index (κ2) is 16.5. The van der Waals surface area contributed by atoms with Gasteiger partial charge in [0, 0.05) is 65.4 Å². The molecule has 2 N–H and O–H groups in total. The smallest absolute Gasteiger partial charge is 0.244 e. The van der Waals surface area contributed by atoms with E-state index >= 15 is 0 Å². The molecule has 0 amide bonds. The first-order valence-corrected chi connectivity index (χ1v) is 13.0. The van der Waals surface area contributed by atoms with Crippen LogP contribution in [-0.2, 0) is 0 Å². The number of allylic oxidation sites excluding steroid dienone is 1. The van der Waals surface area contributed by atoms with Crippen molar-refractivity contribution in [3.05, 3.63) is 85.6 Å². The Hall–Kier alpha value is -4.31. The van der Waals surface area contributed by atoms with E-state index in [0.29, 0.717) is 18.3 Å². The quantitative estimate of drug-likeness (QED) is 0.215. The van der Waals surface area contributed by atoms with Crippen LogP contribution >= 0.6 is 0 Å². The summed E-state index contributed by atoms with van der Waals surface area (Å²) in [4.78, 5) is 12.5. The zero-order chi connectivity index (χ0) is 28.6. The Bertz CT molecular complexity index is 1160. The van der Waals surface area contributed by atoms with Gasteiger partial charge in [0.25, 0.3) is 0 Å². The van der Waals surface area contributed by atoms with Crippen LogP contribution in [0.4, 0.5) is 22.7 Å². The summed E-state index contributed by atoms with van der Waals surface area (Å²) in [6.45, 7) is 10.2. The SMILES string of the molecule is C=C(N=Nc1ccc(N(C)CCN(C)c2ccc(N=NC(=NCC)N(C)C=CC)cc2)cc1)N(C)C=C[NH2+]C. The lowest BCUT2D eigenvalue weighted by atomic mass is 10.2. The van der Waals surface area contributed by atoms with Gasteiger partial charge < -0.3 is 24.9 Å². The summed E-state index contributed by atoms with van der Waals surface area (Å²) in [5.41, 5.74) is 3.79. The molecule has 0 saturated heterocycles. The first kappa shape index (κ1) is 30.9. The van der Waals surface area contributed by atoms with E-state index in [1.165, 1.54) is 0 Å². The van der Waals surface area contributed by atoms with E-state index in [4.69, 9.17) is 0 Å². The standard InChI is InChI=1S/C29H42N10/c1-9-20-39(8)29(31-10-2)35-34-26-13-17-28(18-14-26)38(7)23-22-37(6)27-15-11-25(12-16-27)33-32-24(3)36(5)21-19-30-4/h9,11-21,30H,3,10,22-23H2,1-2,4-8H3/p+1. The van der Waals surface area contributed by atoms with Gasteiger partial charge in [0.2, 0.25) is 5.96 Å². The van der Waals surface area contributed by atoms with Crippen molar-refractivity contribution in [2.45, 2.75) is 13.8 Å². The molecule has 0 aromatic heterocycles. The van der Waals surface area contributed by atoms with Gasteiger partial charge in [-0.2, -0.15) is 0 Å². The van der Waals surface area contributed by atoms with Crippen LogP contribution in [0.5, 0.6) is 0 Å². The number of nitrogens with zero attached hydrogens (tertiary/aromatic N) is 9. The van der Waals surface area contributed by atoms with Crippen molar-refractivity contribution in [1.29, 1.82) is 0 Å². The molecule has 0 radical (unpaired) electrons. The summed E-state index contributed by atoms with van der Waals surface area (Å²) < 4.78 is 0. The Balaban J connectivity index is 1.91. The average molecular weight is 532 g/mol. The molecule has 0 fully saturated rings. The Morgan fingerprint density at radius 3 is 1.77 bits per heavy atom. The third kappa shape index (κ3) is 10.5. The van der Waals surface area contributed by atoms with E-state index in [-0.39, 0.29) is 0 Å². The molecule has 39 heavy (non-hydrogen) atoms. The molecule has 2 aromatic rings. The lowest BCUT2D eigenvalue weighted by Crippen LogP contribution is -2.72. The third-order valence-corrected chi connectivity index (χ3v) is 5.78. The Kier molecular flexibility index (Phi) is 13.1. The molecule has 0 bridgehead atoms. The number of anilines is 2. The topological polar surface area (TPSA) is 91.4 Å². The van der Waals surface area contributed by atoms with Gasteiger partial charge in [-0.15, -0.1) is 20.5 Å². The lowest BCUT2D eigenvalue weighted by molar-refractivity contribution is -0.557. The van der Waals surface area contributed by atoms with Crippen LogP contribution in [0.25, 0.3) is 0 Å². The fraction of sp³-hybridized carbons (Fsp3) is 0.345. The number of benzene rings is 2. The molecule has 0 atom stereocenters. The Labute approximate surface area is 233 Å². The molecule has 10 heteroatoms. The molecule has 0 aliphatic rings. The number of guanidine groups is 1. The number of rotatable bonds is 13. The second-order valence-electron chi connectivity index (χ2n) is 8.85. The fourth-order valence-electron chi connectivity index (χ4n) is 3.34. The third-order valence-electron chi connectivity index (χ3n) is 5.78. The number of quaternary nitrogens is 1.